The lowest BCUT2D eigenvalue weighted by molar-refractivity contribution is -0.122. The lowest BCUT2D eigenvalue weighted by Gasteiger charge is -2.36. The number of benzene rings is 1. The van der Waals surface area contributed by atoms with E-state index in [9.17, 15) is 4.79 Å². The molecule has 2 aliphatic rings. The molecule has 2 aliphatic heterocycles. The van der Waals surface area contributed by atoms with Gasteiger partial charge in [0.05, 0.1) is 10.9 Å². The Balaban J connectivity index is 1.56. The first-order chi connectivity index (χ1) is 12.1. The largest absolute Gasteiger partial charge is 0.355 e. The van der Waals surface area contributed by atoms with Crippen molar-refractivity contribution in [3.63, 3.8) is 0 Å². The molecule has 4 rings (SSSR count). The number of amides is 1. The topological polar surface area (TPSA) is 36.4 Å². The molecule has 1 aromatic carbocycles. The van der Waals surface area contributed by atoms with E-state index in [0.29, 0.717) is 11.6 Å². The smallest absolute Gasteiger partial charge is 0.232 e. The van der Waals surface area contributed by atoms with E-state index in [-0.39, 0.29) is 17.9 Å². The number of hydrogen-bond acceptors (Lipinski definition) is 3. The highest BCUT2D eigenvalue weighted by molar-refractivity contribution is 6.32. The number of aromatic nitrogens is 1. The van der Waals surface area contributed by atoms with Crippen molar-refractivity contribution in [1.29, 1.82) is 0 Å². The van der Waals surface area contributed by atoms with Crippen LogP contribution in [-0.2, 0) is 11.2 Å². The second-order valence-electron chi connectivity index (χ2n) is 6.98. The van der Waals surface area contributed by atoms with Crippen LogP contribution in [0.5, 0.6) is 0 Å². The van der Waals surface area contributed by atoms with Crippen molar-refractivity contribution in [3.8, 4) is 0 Å². The van der Waals surface area contributed by atoms with Gasteiger partial charge in [0.2, 0.25) is 5.91 Å². The maximum Gasteiger partial charge on any atom is 0.232 e. The number of piperidine rings is 1. The molecule has 0 bridgehead atoms. The Kier molecular flexibility index (Phi) is 4.38. The minimum absolute atomic E-state index is 0.0135. The zero-order valence-electron chi connectivity index (χ0n) is 14.4. The molecule has 4 nitrogen and oxygen atoms in total. The van der Waals surface area contributed by atoms with Crippen LogP contribution in [0.2, 0.25) is 5.02 Å². The third-order valence-electron chi connectivity index (χ3n) is 5.25. The number of nitrogens with zero attached hydrogens (tertiary/aromatic N) is 3. The Labute approximate surface area is 153 Å². The normalized spacial score (nSPS) is 22.8. The minimum atomic E-state index is -0.0135. The predicted octanol–water partition coefficient (Wildman–Crippen LogP) is 3.93. The molecule has 0 spiro atoms. The average molecular weight is 356 g/mol. The van der Waals surface area contributed by atoms with Gasteiger partial charge in [0.15, 0.2) is 0 Å². The lowest BCUT2D eigenvalue weighted by Crippen LogP contribution is -2.47. The van der Waals surface area contributed by atoms with Crippen molar-refractivity contribution in [1.82, 2.24) is 4.98 Å². The zero-order valence-corrected chi connectivity index (χ0v) is 15.1. The van der Waals surface area contributed by atoms with E-state index in [2.05, 4.69) is 28.9 Å². The molecular weight excluding hydrogens is 334 g/mol. The maximum atomic E-state index is 13.3. The van der Waals surface area contributed by atoms with Crippen LogP contribution >= 0.6 is 11.6 Å². The summed E-state index contributed by atoms with van der Waals surface area (Å²) < 4.78 is 0. The highest BCUT2D eigenvalue weighted by atomic mass is 35.5. The Morgan fingerprint density at radius 3 is 2.92 bits per heavy atom. The van der Waals surface area contributed by atoms with E-state index < -0.39 is 0 Å². The Hall–Kier alpha value is -2.07. The SMILES string of the molecule is C[C@@H]1Cc2ccccc2N1C(=O)[C@H]1CCCN(c2ncccc2Cl)C1. The summed E-state index contributed by atoms with van der Waals surface area (Å²) in [4.78, 5) is 21.9. The van der Waals surface area contributed by atoms with Crippen molar-refractivity contribution >= 4 is 29.0 Å². The molecular formula is C20H22ClN3O. The van der Waals surface area contributed by atoms with Crippen LogP contribution in [0.25, 0.3) is 0 Å². The molecule has 0 unspecified atom stereocenters. The molecule has 1 fully saturated rings. The van der Waals surface area contributed by atoms with E-state index in [0.717, 1.165) is 37.3 Å². The van der Waals surface area contributed by atoms with E-state index in [4.69, 9.17) is 11.6 Å². The summed E-state index contributed by atoms with van der Waals surface area (Å²) in [5.41, 5.74) is 2.34. The van der Waals surface area contributed by atoms with Gasteiger partial charge in [-0.15, -0.1) is 0 Å². The molecule has 3 heterocycles. The van der Waals surface area contributed by atoms with Crippen molar-refractivity contribution < 1.29 is 4.79 Å². The molecule has 2 atom stereocenters. The molecule has 1 aromatic heterocycles. The molecule has 1 amide bonds. The minimum Gasteiger partial charge on any atom is -0.355 e. The standard InChI is InChI=1S/C20H22ClN3O/c1-14-12-15-6-2-3-9-18(15)24(14)20(25)16-7-5-11-23(13-16)19-17(21)8-4-10-22-19/h2-4,6,8-10,14,16H,5,7,11-13H2,1H3/t14-,16+/m1/s1. The van der Waals surface area contributed by atoms with E-state index >= 15 is 0 Å². The van der Waals surface area contributed by atoms with Gasteiger partial charge < -0.3 is 9.80 Å². The molecule has 0 radical (unpaired) electrons. The summed E-state index contributed by atoms with van der Waals surface area (Å²) in [5, 5.41) is 0.649. The third-order valence-corrected chi connectivity index (χ3v) is 5.55. The molecule has 0 aliphatic carbocycles. The van der Waals surface area contributed by atoms with Gasteiger partial charge in [0.1, 0.15) is 5.82 Å². The summed E-state index contributed by atoms with van der Waals surface area (Å²) in [6.45, 7) is 3.71. The van der Waals surface area contributed by atoms with Crippen LogP contribution < -0.4 is 9.80 Å². The Morgan fingerprint density at radius 2 is 2.08 bits per heavy atom. The third kappa shape index (κ3) is 2.99. The predicted molar refractivity (Wildman–Crippen MR) is 101 cm³/mol. The van der Waals surface area contributed by atoms with Crippen molar-refractivity contribution in [2.75, 3.05) is 22.9 Å². The molecule has 130 valence electrons. The highest BCUT2D eigenvalue weighted by Crippen LogP contribution is 2.35. The van der Waals surface area contributed by atoms with Gasteiger partial charge in [-0.3, -0.25) is 4.79 Å². The Bertz CT molecular complexity index is 794. The lowest BCUT2D eigenvalue weighted by atomic mass is 9.96. The van der Waals surface area contributed by atoms with Gasteiger partial charge in [-0.25, -0.2) is 4.98 Å². The number of anilines is 2. The number of hydrogen-bond donors (Lipinski definition) is 0. The number of fused-ring (bicyclic) bond motifs is 1. The van der Waals surface area contributed by atoms with Crippen LogP contribution in [0, 0.1) is 5.92 Å². The van der Waals surface area contributed by atoms with Gasteiger partial charge in [0.25, 0.3) is 0 Å². The number of rotatable bonds is 2. The molecule has 0 saturated carbocycles. The summed E-state index contributed by atoms with van der Waals surface area (Å²) in [6.07, 6.45) is 4.59. The molecule has 0 N–H and O–H groups in total. The van der Waals surface area contributed by atoms with E-state index in [1.54, 1.807) is 6.20 Å². The van der Waals surface area contributed by atoms with Crippen LogP contribution in [0.3, 0.4) is 0 Å². The fourth-order valence-electron chi connectivity index (χ4n) is 4.08. The van der Waals surface area contributed by atoms with Crippen LogP contribution in [-0.4, -0.2) is 30.0 Å². The van der Waals surface area contributed by atoms with Crippen LogP contribution in [0.1, 0.15) is 25.3 Å². The van der Waals surface area contributed by atoms with Crippen LogP contribution in [0.15, 0.2) is 42.6 Å². The van der Waals surface area contributed by atoms with Gasteiger partial charge in [-0.1, -0.05) is 29.8 Å². The summed E-state index contributed by atoms with van der Waals surface area (Å²) in [5.74, 6) is 1.01. The summed E-state index contributed by atoms with van der Waals surface area (Å²) in [6, 6.07) is 12.2. The molecule has 5 heteroatoms. The van der Waals surface area contributed by atoms with Crippen LogP contribution in [0.4, 0.5) is 11.5 Å². The fraction of sp³-hybridized carbons (Fsp3) is 0.400. The van der Waals surface area contributed by atoms with E-state index in [1.165, 1.54) is 5.56 Å². The monoisotopic (exact) mass is 355 g/mol. The van der Waals surface area contributed by atoms with Gasteiger partial charge >= 0.3 is 0 Å². The average Bonchev–Trinajstić information content (AvgIpc) is 2.97. The first kappa shape index (κ1) is 16.4. The van der Waals surface area contributed by atoms with Gasteiger partial charge in [-0.05, 0) is 49.9 Å². The summed E-state index contributed by atoms with van der Waals surface area (Å²) >= 11 is 6.30. The van der Waals surface area contributed by atoms with Gasteiger partial charge in [0, 0.05) is 31.0 Å². The zero-order chi connectivity index (χ0) is 17.4. The quantitative estimate of drug-likeness (QED) is 0.819. The second-order valence-corrected chi connectivity index (χ2v) is 7.39. The number of para-hydroxylation sites is 1. The van der Waals surface area contributed by atoms with E-state index in [1.807, 2.05) is 29.2 Å². The van der Waals surface area contributed by atoms with Crippen molar-refractivity contribution in [2.24, 2.45) is 5.92 Å². The number of carbonyl (C=O) groups is 1. The number of carbonyl (C=O) groups excluding carboxylic acids is 1. The van der Waals surface area contributed by atoms with Gasteiger partial charge in [-0.2, -0.15) is 0 Å². The fourth-order valence-corrected chi connectivity index (χ4v) is 4.32. The van der Waals surface area contributed by atoms with Crippen molar-refractivity contribution in [3.05, 3.63) is 53.2 Å². The molecule has 2 aromatic rings. The maximum absolute atomic E-state index is 13.3. The van der Waals surface area contributed by atoms with Crippen molar-refractivity contribution in [2.45, 2.75) is 32.2 Å². The summed E-state index contributed by atoms with van der Waals surface area (Å²) in [7, 11) is 0. The number of halogens is 1. The molecule has 1 saturated heterocycles. The second kappa shape index (κ2) is 6.68. The first-order valence-electron chi connectivity index (χ1n) is 8.91. The first-order valence-corrected chi connectivity index (χ1v) is 9.29. The highest BCUT2D eigenvalue weighted by Gasteiger charge is 2.36. The number of pyridine rings is 1. The Morgan fingerprint density at radius 1 is 1.24 bits per heavy atom. The molecule has 25 heavy (non-hydrogen) atoms.